The summed E-state index contributed by atoms with van der Waals surface area (Å²) in [5.41, 5.74) is 6.59. The second-order valence-electron chi connectivity index (χ2n) is 3.92. The molecule has 0 spiro atoms. The van der Waals surface area contributed by atoms with Crippen molar-refractivity contribution in [2.24, 2.45) is 0 Å². The molecule has 0 radical (unpaired) electrons. The Morgan fingerprint density at radius 2 is 1.95 bits per heavy atom. The van der Waals surface area contributed by atoms with E-state index < -0.39 is 0 Å². The normalized spacial score (nSPS) is 10.2. The van der Waals surface area contributed by atoms with Gasteiger partial charge in [-0.3, -0.25) is 0 Å². The first-order chi connectivity index (χ1) is 9.22. The van der Waals surface area contributed by atoms with E-state index in [9.17, 15) is 0 Å². The molecule has 2 N–H and O–H groups in total. The van der Waals surface area contributed by atoms with Gasteiger partial charge < -0.3 is 15.2 Å². The third kappa shape index (κ3) is 3.58. The fourth-order valence-electron chi connectivity index (χ4n) is 1.73. The maximum atomic E-state index is 5.89. The third-order valence-electron chi connectivity index (χ3n) is 2.51. The zero-order valence-corrected chi connectivity index (χ0v) is 11.9. The van der Waals surface area contributed by atoms with Crippen molar-refractivity contribution in [1.29, 1.82) is 0 Å². The Morgan fingerprint density at radius 1 is 1.16 bits per heavy atom. The molecule has 0 aliphatic heterocycles. The number of para-hydroxylation sites is 1. The van der Waals surface area contributed by atoms with Gasteiger partial charge in [-0.1, -0.05) is 23.9 Å². The van der Waals surface area contributed by atoms with Crippen molar-refractivity contribution in [2.75, 3.05) is 19.5 Å². The van der Waals surface area contributed by atoms with Crippen LogP contribution in [0, 0.1) is 0 Å². The minimum atomic E-state index is 0.627. The van der Waals surface area contributed by atoms with E-state index in [1.807, 2.05) is 49.4 Å². The molecule has 0 atom stereocenters. The summed E-state index contributed by atoms with van der Waals surface area (Å²) in [6.07, 6.45) is 0. The summed E-state index contributed by atoms with van der Waals surface area (Å²) in [4.78, 5) is 2.09. The Morgan fingerprint density at radius 3 is 2.68 bits per heavy atom. The molecule has 0 amide bonds. The Bertz CT molecular complexity index is 558. The monoisotopic (exact) mass is 275 g/mol. The fraction of sp³-hybridized carbons (Fsp3) is 0.200. The lowest BCUT2D eigenvalue weighted by Gasteiger charge is -2.10. The van der Waals surface area contributed by atoms with Crippen molar-refractivity contribution in [1.82, 2.24) is 0 Å². The smallest absolute Gasteiger partial charge is 0.132 e. The Labute approximate surface area is 117 Å². The Balaban J connectivity index is 2.27. The van der Waals surface area contributed by atoms with Gasteiger partial charge in [-0.15, -0.1) is 0 Å². The third-order valence-corrected chi connectivity index (χ3v) is 3.54. The minimum absolute atomic E-state index is 0.627. The molecular weight excluding hydrogens is 258 g/mol. The SMILES string of the molecule is CCOc1cc(N)cc(Sc2ccccc2OC)c1. The lowest BCUT2D eigenvalue weighted by molar-refractivity contribution is 0.339. The van der Waals surface area contributed by atoms with Gasteiger partial charge in [0.2, 0.25) is 0 Å². The van der Waals surface area contributed by atoms with E-state index >= 15 is 0 Å². The molecule has 0 aliphatic rings. The first kappa shape index (κ1) is 13.6. The Hall–Kier alpha value is -1.81. The van der Waals surface area contributed by atoms with Crippen LogP contribution in [-0.2, 0) is 0 Å². The standard InChI is InChI=1S/C15H17NO2S/c1-3-18-12-8-11(16)9-13(10-12)19-15-7-5-4-6-14(15)17-2/h4-10H,3,16H2,1-2H3. The van der Waals surface area contributed by atoms with Crippen molar-refractivity contribution >= 4 is 17.4 Å². The van der Waals surface area contributed by atoms with E-state index in [0.29, 0.717) is 12.3 Å². The Kier molecular flexibility index (Phi) is 4.58. The topological polar surface area (TPSA) is 44.5 Å². The van der Waals surface area contributed by atoms with Gasteiger partial charge in [0, 0.05) is 16.6 Å². The summed E-state index contributed by atoms with van der Waals surface area (Å²) in [7, 11) is 1.67. The van der Waals surface area contributed by atoms with Crippen molar-refractivity contribution < 1.29 is 9.47 Å². The molecule has 2 rings (SSSR count). The summed E-state index contributed by atoms with van der Waals surface area (Å²) in [6.45, 7) is 2.58. The van der Waals surface area contributed by atoms with E-state index in [-0.39, 0.29) is 0 Å². The van der Waals surface area contributed by atoms with Gasteiger partial charge in [-0.25, -0.2) is 0 Å². The maximum Gasteiger partial charge on any atom is 0.132 e. The van der Waals surface area contributed by atoms with E-state index in [4.69, 9.17) is 15.2 Å². The molecule has 19 heavy (non-hydrogen) atoms. The molecule has 0 heterocycles. The number of hydrogen-bond donors (Lipinski definition) is 1. The molecule has 0 fully saturated rings. The molecule has 0 unspecified atom stereocenters. The van der Waals surface area contributed by atoms with Crippen LogP contribution in [0.15, 0.2) is 52.3 Å². The van der Waals surface area contributed by atoms with Gasteiger partial charge in [-0.2, -0.15) is 0 Å². The number of benzene rings is 2. The maximum absolute atomic E-state index is 5.89. The number of nitrogens with two attached hydrogens (primary N) is 1. The lowest BCUT2D eigenvalue weighted by Crippen LogP contribution is -1.94. The van der Waals surface area contributed by atoms with Crippen LogP contribution in [0.3, 0.4) is 0 Å². The first-order valence-corrected chi connectivity index (χ1v) is 6.89. The number of nitrogen functional groups attached to an aromatic ring is 1. The second kappa shape index (κ2) is 6.38. The number of methoxy groups -OCH3 is 1. The van der Waals surface area contributed by atoms with Crippen molar-refractivity contribution in [2.45, 2.75) is 16.7 Å². The summed E-state index contributed by atoms with van der Waals surface area (Å²) in [6, 6.07) is 13.6. The summed E-state index contributed by atoms with van der Waals surface area (Å²) < 4.78 is 10.8. The van der Waals surface area contributed by atoms with Crippen LogP contribution in [0.2, 0.25) is 0 Å². The molecule has 0 saturated carbocycles. The molecule has 100 valence electrons. The minimum Gasteiger partial charge on any atom is -0.496 e. The highest BCUT2D eigenvalue weighted by atomic mass is 32.2. The molecule has 4 heteroatoms. The van der Waals surface area contributed by atoms with Crippen LogP contribution in [-0.4, -0.2) is 13.7 Å². The van der Waals surface area contributed by atoms with E-state index in [2.05, 4.69) is 0 Å². The number of anilines is 1. The van der Waals surface area contributed by atoms with Crippen molar-refractivity contribution in [3.05, 3.63) is 42.5 Å². The highest BCUT2D eigenvalue weighted by molar-refractivity contribution is 7.99. The van der Waals surface area contributed by atoms with Gasteiger partial charge >= 0.3 is 0 Å². The quantitative estimate of drug-likeness (QED) is 0.842. The highest BCUT2D eigenvalue weighted by Crippen LogP contribution is 2.37. The van der Waals surface area contributed by atoms with E-state index in [0.717, 1.165) is 21.3 Å². The predicted molar refractivity (Wildman–Crippen MR) is 79.1 cm³/mol. The molecule has 3 nitrogen and oxygen atoms in total. The average Bonchev–Trinajstić information content (AvgIpc) is 2.39. The van der Waals surface area contributed by atoms with Crippen molar-refractivity contribution in [3.63, 3.8) is 0 Å². The average molecular weight is 275 g/mol. The van der Waals surface area contributed by atoms with Gasteiger partial charge in [-0.05, 0) is 31.2 Å². The lowest BCUT2D eigenvalue weighted by atomic mass is 10.3. The van der Waals surface area contributed by atoms with Crippen LogP contribution >= 0.6 is 11.8 Å². The second-order valence-corrected chi connectivity index (χ2v) is 5.04. The summed E-state index contributed by atoms with van der Waals surface area (Å²) >= 11 is 1.61. The van der Waals surface area contributed by atoms with Crippen LogP contribution < -0.4 is 15.2 Å². The number of hydrogen-bond acceptors (Lipinski definition) is 4. The van der Waals surface area contributed by atoms with Crippen LogP contribution in [0.5, 0.6) is 11.5 Å². The van der Waals surface area contributed by atoms with Gasteiger partial charge in [0.05, 0.1) is 18.6 Å². The summed E-state index contributed by atoms with van der Waals surface area (Å²) in [5.74, 6) is 1.65. The van der Waals surface area contributed by atoms with Crippen LogP contribution in [0.1, 0.15) is 6.92 Å². The molecule has 0 saturated heterocycles. The molecule has 0 aromatic heterocycles. The van der Waals surface area contributed by atoms with E-state index in [1.165, 1.54) is 0 Å². The summed E-state index contributed by atoms with van der Waals surface area (Å²) in [5, 5.41) is 0. The van der Waals surface area contributed by atoms with Crippen molar-refractivity contribution in [3.8, 4) is 11.5 Å². The van der Waals surface area contributed by atoms with Crippen LogP contribution in [0.25, 0.3) is 0 Å². The first-order valence-electron chi connectivity index (χ1n) is 6.07. The van der Waals surface area contributed by atoms with Crippen LogP contribution in [0.4, 0.5) is 5.69 Å². The van der Waals surface area contributed by atoms with Gasteiger partial charge in [0.1, 0.15) is 11.5 Å². The molecule has 0 aliphatic carbocycles. The molecule has 2 aromatic rings. The highest BCUT2D eigenvalue weighted by Gasteiger charge is 2.06. The largest absolute Gasteiger partial charge is 0.496 e. The molecule has 0 bridgehead atoms. The van der Waals surface area contributed by atoms with Gasteiger partial charge in [0.25, 0.3) is 0 Å². The van der Waals surface area contributed by atoms with E-state index in [1.54, 1.807) is 18.9 Å². The molecule has 2 aromatic carbocycles. The molecular formula is C15H17NO2S. The van der Waals surface area contributed by atoms with Gasteiger partial charge in [0.15, 0.2) is 0 Å². The predicted octanol–water partition coefficient (Wildman–Crippen LogP) is 3.83. The number of rotatable bonds is 5. The fourth-order valence-corrected chi connectivity index (χ4v) is 2.76. The zero-order valence-electron chi connectivity index (χ0n) is 11.1. The number of ether oxygens (including phenoxy) is 2. The zero-order chi connectivity index (χ0) is 13.7.